The predicted octanol–water partition coefficient (Wildman–Crippen LogP) is 9.01. The molecule has 5 heterocycles. The van der Waals surface area contributed by atoms with E-state index in [1.807, 2.05) is 109 Å². The van der Waals surface area contributed by atoms with Gasteiger partial charge in [0.15, 0.2) is 0 Å². The van der Waals surface area contributed by atoms with Crippen molar-refractivity contribution in [2.45, 2.75) is 19.3 Å². The summed E-state index contributed by atoms with van der Waals surface area (Å²) in [6.45, 7) is 1.76. The first-order valence-electron chi connectivity index (χ1n) is 19.7. The number of carbonyl (C=O) groups excluding carboxylic acids is 2. The molecule has 292 valence electrons. The summed E-state index contributed by atoms with van der Waals surface area (Å²) in [5.74, 6) is 0.119. The molecular formula is C47H36N10O3. The number of fused-ring (bicyclic) bond motifs is 2. The van der Waals surface area contributed by atoms with Crippen LogP contribution in [0.5, 0.6) is 0 Å². The molecule has 13 nitrogen and oxygen atoms in total. The first-order valence-corrected chi connectivity index (χ1v) is 19.7. The minimum Gasteiger partial charge on any atom is -0.386 e. The average molecular weight is 789 g/mol. The smallest absolute Gasteiger partial charge is 0.349 e. The van der Waals surface area contributed by atoms with Crippen LogP contribution in [0.3, 0.4) is 0 Å². The Kier molecular flexibility index (Phi) is 9.50. The van der Waals surface area contributed by atoms with Crippen LogP contribution < -0.4 is 10.2 Å². The average Bonchev–Trinajstić information content (AvgIpc) is 4.02. The lowest BCUT2D eigenvalue weighted by molar-refractivity contribution is 0.0397. The van der Waals surface area contributed by atoms with Crippen molar-refractivity contribution in [2.24, 2.45) is 0 Å². The molecule has 0 unspecified atom stereocenters. The molecule has 1 fully saturated rings. The Labute approximate surface area is 344 Å². The van der Waals surface area contributed by atoms with E-state index in [-0.39, 0.29) is 17.1 Å². The van der Waals surface area contributed by atoms with E-state index >= 15 is 0 Å². The van der Waals surface area contributed by atoms with Gasteiger partial charge in [0.05, 0.1) is 34.6 Å². The lowest BCUT2D eigenvalue weighted by atomic mass is 10.0. The number of anilines is 3. The molecule has 9 aromatic rings. The first kappa shape index (κ1) is 36.3. The van der Waals surface area contributed by atoms with Crippen LogP contribution in [0.15, 0.2) is 152 Å². The third-order valence-corrected chi connectivity index (χ3v) is 10.5. The Hall–Kier alpha value is -8.06. The molecule has 0 bridgehead atoms. The number of rotatable bonds is 9. The number of nitrogens with zero attached hydrogens (tertiary/aromatic N) is 9. The highest BCUT2D eigenvalue weighted by atomic mass is 16.6. The van der Waals surface area contributed by atoms with E-state index in [4.69, 9.17) is 24.7 Å². The number of carbonyl (C=O) groups is 2. The molecule has 13 heteroatoms. The zero-order valence-corrected chi connectivity index (χ0v) is 32.2. The fourth-order valence-electron chi connectivity index (χ4n) is 7.42. The van der Waals surface area contributed by atoms with Crippen LogP contribution in [0.1, 0.15) is 40.0 Å². The predicted molar refractivity (Wildman–Crippen MR) is 230 cm³/mol. The number of nitrogens with one attached hydrogen (secondary N) is 1. The maximum absolute atomic E-state index is 13.3. The molecule has 1 saturated heterocycles. The van der Waals surface area contributed by atoms with E-state index < -0.39 is 11.9 Å². The number of para-hydroxylation sites is 1. The summed E-state index contributed by atoms with van der Waals surface area (Å²) in [5.41, 5.74) is 6.61. The van der Waals surface area contributed by atoms with Crippen molar-refractivity contribution in [1.82, 2.24) is 39.5 Å². The van der Waals surface area contributed by atoms with Gasteiger partial charge in [-0.2, -0.15) is 20.2 Å². The number of benzene rings is 5. The molecular weight excluding hydrogens is 753 g/mol. The molecule has 5 aromatic carbocycles. The maximum Gasteiger partial charge on any atom is 0.349 e. The van der Waals surface area contributed by atoms with Gasteiger partial charge in [0, 0.05) is 41.9 Å². The molecule has 0 atom stereocenters. The molecule has 10 rings (SSSR count). The Morgan fingerprint density at radius 3 is 1.63 bits per heavy atom. The van der Waals surface area contributed by atoms with E-state index in [9.17, 15) is 9.59 Å². The third-order valence-electron chi connectivity index (χ3n) is 10.5. The summed E-state index contributed by atoms with van der Waals surface area (Å²) in [7, 11) is 0. The lowest BCUT2D eigenvalue weighted by Crippen LogP contribution is -2.30. The molecule has 1 aliphatic heterocycles. The number of esters is 2. The molecule has 0 amide bonds. The Morgan fingerprint density at radius 1 is 0.533 bits per heavy atom. The monoisotopic (exact) mass is 788 g/mol. The molecule has 0 radical (unpaired) electrons. The molecule has 4 aromatic heterocycles. The van der Waals surface area contributed by atoms with Crippen molar-refractivity contribution in [3.8, 4) is 34.2 Å². The number of hydrogen-bond donors (Lipinski definition) is 1. The van der Waals surface area contributed by atoms with Gasteiger partial charge in [0.1, 0.15) is 11.6 Å². The number of hydrogen-bond acceptors (Lipinski definition) is 11. The Bertz CT molecular complexity index is 3020. The summed E-state index contributed by atoms with van der Waals surface area (Å²) in [4.78, 5) is 48.4. The summed E-state index contributed by atoms with van der Waals surface area (Å²) in [6, 6.07) is 42.1. The van der Waals surface area contributed by atoms with E-state index in [1.165, 1.54) is 40.6 Å². The fourth-order valence-corrected chi connectivity index (χ4v) is 7.42. The molecule has 60 heavy (non-hydrogen) atoms. The largest absolute Gasteiger partial charge is 0.386 e. The quantitative estimate of drug-likeness (QED) is 0.110. The minimum atomic E-state index is -0.890. The minimum absolute atomic E-state index is 0.0374. The van der Waals surface area contributed by atoms with E-state index in [0.717, 1.165) is 76.0 Å². The van der Waals surface area contributed by atoms with Gasteiger partial charge in [0.25, 0.3) is 11.9 Å². The van der Waals surface area contributed by atoms with Gasteiger partial charge >= 0.3 is 11.9 Å². The topological polar surface area (TPSA) is 146 Å². The molecule has 0 spiro atoms. The number of aromatic nitrogens is 8. The van der Waals surface area contributed by atoms with Crippen molar-refractivity contribution in [3.05, 3.63) is 163 Å². The highest BCUT2D eigenvalue weighted by Gasteiger charge is 2.23. The van der Waals surface area contributed by atoms with Gasteiger partial charge in [-0.25, -0.2) is 28.9 Å². The highest BCUT2D eigenvalue weighted by molar-refractivity contribution is 6.02. The van der Waals surface area contributed by atoms with Gasteiger partial charge in [-0.05, 0) is 77.9 Å². The SMILES string of the molecule is O=C(OC(=O)c1cnn(-c2nc(N3CCCCC3)c3cc(-c4ccccc4)ccc3n2)c1)c1cnn(-c2nc(Nc3ccccc3)c3cc(-c4ccccc4)ccc3n2)c1. The zero-order chi connectivity index (χ0) is 40.4. The van der Waals surface area contributed by atoms with Crippen molar-refractivity contribution >= 4 is 51.1 Å². The van der Waals surface area contributed by atoms with Crippen LogP contribution in [0.2, 0.25) is 0 Å². The van der Waals surface area contributed by atoms with Crippen molar-refractivity contribution < 1.29 is 14.3 Å². The zero-order valence-electron chi connectivity index (χ0n) is 32.2. The van der Waals surface area contributed by atoms with Crippen LogP contribution in [0.25, 0.3) is 56.0 Å². The standard InChI is InChI=1S/C47H36N10O3/c58-44(35-27-48-56(29-35)46-51-40-21-19-33(31-13-5-1-6-14-31)25-38(40)42(53-46)50-37-17-9-3-10-18-37)60-45(59)36-28-49-57(30-36)47-52-41-22-20-34(32-15-7-2-8-16-32)26-39(41)43(54-47)55-23-11-4-12-24-55/h1-3,5-10,13-22,25-30H,4,11-12,23-24H2,(H,50,51,53). The summed E-state index contributed by atoms with van der Waals surface area (Å²) in [6.07, 6.45) is 8.85. The summed E-state index contributed by atoms with van der Waals surface area (Å²) >= 11 is 0. The van der Waals surface area contributed by atoms with Gasteiger partial charge in [-0.3, -0.25) is 0 Å². The molecule has 0 aliphatic carbocycles. The summed E-state index contributed by atoms with van der Waals surface area (Å²) < 4.78 is 8.11. The summed E-state index contributed by atoms with van der Waals surface area (Å²) in [5, 5.41) is 13.9. The van der Waals surface area contributed by atoms with Crippen molar-refractivity contribution in [2.75, 3.05) is 23.3 Å². The number of piperidine rings is 1. The Morgan fingerprint density at radius 2 is 1.05 bits per heavy atom. The van der Waals surface area contributed by atoms with Gasteiger partial charge in [0.2, 0.25) is 0 Å². The van der Waals surface area contributed by atoms with Crippen LogP contribution in [-0.4, -0.2) is 64.5 Å². The van der Waals surface area contributed by atoms with Crippen LogP contribution in [0, 0.1) is 0 Å². The molecule has 1 N–H and O–H groups in total. The van der Waals surface area contributed by atoms with Crippen molar-refractivity contribution in [3.63, 3.8) is 0 Å². The second-order valence-electron chi connectivity index (χ2n) is 14.5. The van der Waals surface area contributed by atoms with Crippen LogP contribution in [0.4, 0.5) is 17.3 Å². The van der Waals surface area contributed by atoms with Crippen molar-refractivity contribution in [1.29, 1.82) is 0 Å². The lowest BCUT2D eigenvalue weighted by Gasteiger charge is -2.29. The number of ether oxygens (including phenoxy) is 1. The first-order chi connectivity index (χ1) is 29.5. The maximum atomic E-state index is 13.3. The third kappa shape index (κ3) is 7.31. The van der Waals surface area contributed by atoms with Crippen LogP contribution in [-0.2, 0) is 4.74 Å². The van der Waals surface area contributed by atoms with E-state index in [1.54, 1.807) is 0 Å². The molecule has 0 saturated carbocycles. The van der Waals surface area contributed by atoms with E-state index in [2.05, 4.69) is 38.6 Å². The normalized spacial score (nSPS) is 12.8. The second-order valence-corrected chi connectivity index (χ2v) is 14.5. The van der Waals surface area contributed by atoms with Crippen LogP contribution >= 0.6 is 0 Å². The molecule has 1 aliphatic rings. The Balaban J connectivity index is 0.902. The highest BCUT2D eigenvalue weighted by Crippen LogP contribution is 2.33. The van der Waals surface area contributed by atoms with Gasteiger partial charge in [-0.1, -0.05) is 91.0 Å². The van der Waals surface area contributed by atoms with E-state index in [0.29, 0.717) is 17.3 Å². The second kappa shape index (κ2) is 15.7. The van der Waals surface area contributed by atoms with Gasteiger partial charge < -0.3 is 15.0 Å². The van der Waals surface area contributed by atoms with Gasteiger partial charge in [-0.15, -0.1) is 0 Å². The fraction of sp³-hybridized carbons (Fsp3) is 0.106.